The number of hydrogen-bond donors (Lipinski definition) is 2. The zero-order chi connectivity index (χ0) is 21.5. The lowest BCUT2D eigenvalue weighted by molar-refractivity contribution is -0.121. The molecule has 10 heteroatoms. The number of nitrogens with one attached hydrogen (secondary N) is 2. The highest BCUT2D eigenvalue weighted by atomic mass is 32.2. The first-order valence-corrected chi connectivity index (χ1v) is 10.6. The summed E-state index contributed by atoms with van der Waals surface area (Å²) < 4.78 is 18.2. The molecule has 0 aliphatic carbocycles. The van der Waals surface area contributed by atoms with Crippen molar-refractivity contribution in [1.82, 2.24) is 30.6 Å². The van der Waals surface area contributed by atoms with Crippen molar-refractivity contribution in [2.75, 3.05) is 12.3 Å². The number of carbonyl (C=O) groups is 1. The average Bonchev–Trinajstić information content (AvgIpc) is 3.46. The van der Waals surface area contributed by atoms with Gasteiger partial charge in [0.1, 0.15) is 5.82 Å². The molecule has 0 atom stereocenters. The van der Waals surface area contributed by atoms with Gasteiger partial charge >= 0.3 is 0 Å². The van der Waals surface area contributed by atoms with Gasteiger partial charge in [0.05, 0.1) is 0 Å². The lowest BCUT2D eigenvalue weighted by Gasteiger charge is -2.02. The maximum Gasteiger partial charge on any atom is 0.227 e. The number of carbonyl (C=O) groups excluding carboxylic acids is 1. The summed E-state index contributed by atoms with van der Waals surface area (Å²) in [5.41, 5.74) is 1.62. The Morgan fingerprint density at radius 1 is 1.06 bits per heavy atom. The molecule has 2 aromatic carbocycles. The van der Waals surface area contributed by atoms with Gasteiger partial charge in [0.15, 0.2) is 5.82 Å². The Kier molecular flexibility index (Phi) is 6.68. The number of rotatable bonds is 9. The fourth-order valence-corrected chi connectivity index (χ4v) is 3.40. The van der Waals surface area contributed by atoms with Crippen LogP contribution in [0.4, 0.5) is 4.39 Å². The van der Waals surface area contributed by atoms with Gasteiger partial charge in [-0.1, -0.05) is 47.3 Å². The lowest BCUT2D eigenvalue weighted by Crippen LogP contribution is -2.25. The van der Waals surface area contributed by atoms with Crippen LogP contribution < -0.4 is 5.32 Å². The van der Waals surface area contributed by atoms with Gasteiger partial charge in [0.2, 0.25) is 22.8 Å². The molecule has 0 aliphatic rings. The zero-order valence-electron chi connectivity index (χ0n) is 16.4. The summed E-state index contributed by atoms with van der Waals surface area (Å²) in [6, 6.07) is 15.6. The second kappa shape index (κ2) is 9.98. The predicted octanol–water partition coefficient (Wildman–Crippen LogP) is 3.50. The summed E-state index contributed by atoms with van der Waals surface area (Å²) in [5, 5.41) is 14.4. The van der Waals surface area contributed by atoms with Crippen molar-refractivity contribution in [2.45, 2.75) is 18.0 Å². The molecule has 2 aromatic heterocycles. The average molecular weight is 438 g/mol. The standard InChI is InChI=1S/C21H19FN6O2S/c22-16-8-6-15(7-9-16)20-24-18(30-28-20)11-10-17(29)23-12-13-31-21-25-19(26-27-21)14-4-2-1-3-5-14/h1-9H,10-13H2,(H,23,29)(H,25,26,27). The fraction of sp³-hybridized carbons (Fsp3) is 0.190. The van der Waals surface area contributed by atoms with Crippen molar-refractivity contribution in [2.24, 2.45) is 0 Å². The lowest BCUT2D eigenvalue weighted by atomic mass is 10.2. The van der Waals surface area contributed by atoms with E-state index in [1.165, 1.54) is 23.9 Å². The van der Waals surface area contributed by atoms with Gasteiger partial charge in [-0.05, 0) is 24.3 Å². The number of thioether (sulfide) groups is 1. The minimum atomic E-state index is -0.331. The highest BCUT2D eigenvalue weighted by Gasteiger charge is 2.11. The molecule has 0 saturated heterocycles. The molecule has 0 bridgehead atoms. The molecule has 0 spiro atoms. The molecule has 31 heavy (non-hydrogen) atoms. The number of amides is 1. The largest absolute Gasteiger partial charge is 0.355 e. The Bertz CT molecular complexity index is 1130. The van der Waals surface area contributed by atoms with Crippen molar-refractivity contribution in [3.05, 3.63) is 66.3 Å². The predicted molar refractivity (Wildman–Crippen MR) is 114 cm³/mol. The van der Waals surface area contributed by atoms with Crippen molar-refractivity contribution < 1.29 is 13.7 Å². The summed E-state index contributed by atoms with van der Waals surface area (Å²) in [4.78, 5) is 20.7. The van der Waals surface area contributed by atoms with Gasteiger partial charge in [-0.3, -0.25) is 9.89 Å². The summed E-state index contributed by atoms with van der Waals surface area (Å²) >= 11 is 1.46. The van der Waals surface area contributed by atoms with Crippen LogP contribution in [0.5, 0.6) is 0 Å². The summed E-state index contributed by atoms with van der Waals surface area (Å²) in [6.07, 6.45) is 0.559. The van der Waals surface area contributed by atoms with Crippen molar-refractivity contribution >= 4 is 17.7 Å². The van der Waals surface area contributed by atoms with E-state index in [2.05, 4.69) is 30.6 Å². The number of aryl methyl sites for hydroxylation is 1. The minimum absolute atomic E-state index is 0.109. The number of aromatic amines is 1. The van der Waals surface area contributed by atoms with Crippen LogP contribution in [0.15, 0.2) is 64.3 Å². The van der Waals surface area contributed by atoms with Crippen LogP contribution in [0, 0.1) is 5.82 Å². The normalized spacial score (nSPS) is 10.9. The van der Waals surface area contributed by atoms with Crippen molar-refractivity contribution in [1.29, 1.82) is 0 Å². The van der Waals surface area contributed by atoms with Crippen LogP contribution in [0.2, 0.25) is 0 Å². The fourth-order valence-electron chi connectivity index (χ4n) is 2.75. The smallest absolute Gasteiger partial charge is 0.227 e. The van der Waals surface area contributed by atoms with Crippen LogP contribution in [0.25, 0.3) is 22.8 Å². The molecule has 2 N–H and O–H groups in total. The maximum atomic E-state index is 13.0. The van der Waals surface area contributed by atoms with Crippen LogP contribution in [0.1, 0.15) is 12.3 Å². The van der Waals surface area contributed by atoms with E-state index in [4.69, 9.17) is 4.52 Å². The number of benzene rings is 2. The molecule has 0 aliphatic heterocycles. The summed E-state index contributed by atoms with van der Waals surface area (Å²) in [7, 11) is 0. The number of nitrogens with zero attached hydrogens (tertiary/aromatic N) is 4. The van der Waals surface area contributed by atoms with E-state index < -0.39 is 0 Å². The third-order valence-corrected chi connectivity index (χ3v) is 5.15. The Balaban J connectivity index is 1.17. The van der Waals surface area contributed by atoms with Crippen molar-refractivity contribution in [3.63, 3.8) is 0 Å². The molecule has 1 amide bonds. The van der Waals surface area contributed by atoms with Gasteiger partial charge in [-0.15, -0.1) is 5.10 Å². The van der Waals surface area contributed by atoms with Gasteiger partial charge < -0.3 is 9.84 Å². The van der Waals surface area contributed by atoms with Crippen molar-refractivity contribution in [3.8, 4) is 22.8 Å². The SMILES string of the molecule is O=C(CCc1nc(-c2ccc(F)cc2)no1)NCCSc1n[nH]c(-c2ccccc2)n1. The van der Waals surface area contributed by atoms with Crippen LogP contribution >= 0.6 is 11.8 Å². The first-order valence-electron chi connectivity index (χ1n) is 9.63. The van der Waals surface area contributed by atoms with E-state index in [9.17, 15) is 9.18 Å². The Morgan fingerprint density at radius 2 is 1.87 bits per heavy atom. The first kappa shape index (κ1) is 20.7. The summed E-state index contributed by atoms with van der Waals surface area (Å²) in [6.45, 7) is 0.489. The van der Waals surface area contributed by atoms with E-state index in [0.717, 1.165) is 5.56 Å². The zero-order valence-corrected chi connectivity index (χ0v) is 17.2. The Labute approximate surface area is 181 Å². The second-order valence-electron chi connectivity index (χ2n) is 6.55. The molecule has 4 aromatic rings. The highest BCUT2D eigenvalue weighted by Crippen LogP contribution is 2.19. The van der Waals surface area contributed by atoms with E-state index in [1.807, 2.05) is 30.3 Å². The quantitative estimate of drug-likeness (QED) is 0.304. The van der Waals surface area contributed by atoms with Crippen LogP contribution in [-0.2, 0) is 11.2 Å². The summed E-state index contributed by atoms with van der Waals surface area (Å²) in [5.74, 6) is 1.65. The number of hydrogen-bond acceptors (Lipinski definition) is 7. The Morgan fingerprint density at radius 3 is 2.68 bits per heavy atom. The molecule has 4 rings (SSSR count). The number of aromatic nitrogens is 5. The van der Waals surface area contributed by atoms with E-state index >= 15 is 0 Å². The highest BCUT2D eigenvalue weighted by molar-refractivity contribution is 7.99. The van der Waals surface area contributed by atoms with Crippen LogP contribution in [-0.4, -0.2) is 43.5 Å². The molecule has 0 fully saturated rings. The number of H-pyrrole nitrogens is 1. The molecule has 8 nitrogen and oxygen atoms in total. The molecular formula is C21H19FN6O2S. The molecule has 158 valence electrons. The van der Waals surface area contributed by atoms with Gasteiger partial charge in [0.25, 0.3) is 0 Å². The van der Waals surface area contributed by atoms with E-state index in [-0.39, 0.29) is 18.1 Å². The molecule has 0 saturated carbocycles. The van der Waals surface area contributed by atoms with Crippen LogP contribution in [0.3, 0.4) is 0 Å². The second-order valence-corrected chi connectivity index (χ2v) is 7.61. The topological polar surface area (TPSA) is 110 Å². The maximum absolute atomic E-state index is 13.0. The molecule has 0 unspecified atom stereocenters. The first-order chi connectivity index (χ1) is 15.2. The van der Waals surface area contributed by atoms with E-state index in [0.29, 0.717) is 47.0 Å². The van der Waals surface area contributed by atoms with Gasteiger partial charge in [0, 0.05) is 36.3 Å². The Hall–Kier alpha value is -3.53. The molecular weight excluding hydrogens is 419 g/mol. The monoisotopic (exact) mass is 438 g/mol. The van der Waals surface area contributed by atoms with Gasteiger partial charge in [-0.25, -0.2) is 9.37 Å². The number of halogens is 1. The minimum Gasteiger partial charge on any atom is -0.355 e. The molecule has 0 radical (unpaired) electrons. The van der Waals surface area contributed by atoms with E-state index in [1.54, 1.807) is 12.1 Å². The molecule has 2 heterocycles. The third-order valence-electron chi connectivity index (χ3n) is 4.30. The van der Waals surface area contributed by atoms with Gasteiger partial charge in [-0.2, -0.15) is 4.98 Å². The third kappa shape index (κ3) is 5.76.